The quantitative estimate of drug-likeness (QED) is 0.782. The predicted octanol–water partition coefficient (Wildman–Crippen LogP) is 3.99. The van der Waals surface area contributed by atoms with Gasteiger partial charge in [-0.25, -0.2) is 4.39 Å². The number of hydrogen-bond acceptors (Lipinski definition) is 2. The van der Waals surface area contributed by atoms with Gasteiger partial charge in [-0.15, -0.1) is 0 Å². The van der Waals surface area contributed by atoms with Gasteiger partial charge in [0, 0.05) is 29.9 Å². The smallest absolute Gasteiger partial charge is 0.128 e. The number of anilines is 1. The largest absolute Gasteiger partial charge is 0.387 e. The van der Waals surface area contributed by atoms with Crippen molar-refractivity contribution in [2.45, 2.75) is 39.0 Å². The highest BCUT2D eigenvalue weighted by Gasteiger charge is 2.17. The van der Waals surface area contributed by atoms with Gasteiger partial charge in [-0.1, -0.05) is 6.42 Å². The minimum Gasteiger partial charge on any atom is -0.387 e. The van der Waals surface area contributed by atoms with Gasteiger partial charge < -0.3 is 5.32 Å². The highest BCUT2D eigenvalue weighted by molar-refractivity contribution is 5.94. The summed E-state index contributed by atoms with van der Waals surface area (Å²) < 4.78 is 13.7. The Labute approximate surface area is 113 Å². The first-order chi connectivity index (χ1) is 9.20. The lowest BCUT2D eigenvalue weighted by atomic mass is 10.0. The third-order valence-corrected chi connectivity index (χ3v) is 4.04. The van der Waals surface area contributed by atoms with Gasteiger partial charge in [0.15, 0.2) is 0 Å². The van der Waals surface area contributed by atoms with Crippen LogP contribution >= 0.6 is 0 Å². The Balaban J connectivity index is 2.33. The van der Waals surface area contributed by atoms with Gasteiger partial charge in [0.1, 0.15) is 5.82 Å². The summed E-state index contributed by atoms with van der Waals surface area (Å²) in [4.78, 5) is 4.71. The molecule has 3 heteroatoms. The number of rotatable bonds is 1. The monoisotopic (exact) mass is 258 g/mol. The van der Waals surface area contributed by atoms with E-state index in [0.29, 0.717) is 5.56 Å². The molecule has 0 fully saturated rings. The third kappa shape index (κ3) is 2.07. The lowest BCUT2D eigenvalue weighted by Gasteiger charge is -2.15. The van der Waals surface area contributed by atoms with E-state index in [2.05, 4.69) is 5.32 Å². The van der Waals surface area contributed by atoms with Crippen molar-refractivity contribution in [3.63, 3.8) is 0 Å². The van der Waals surface area contributed by atoms with E-state index in [0.717, 1.165) is 35.1 Å². The molecule has 1 aliphatic carbocycles. The van der Waals surface area contributed by atoms with Crippen LogP contribution in [0.25, 0.3) is 10.9 Å². The van der Waals surface area contributed by atoms with Crippen molar-refractivity contribution in [2.75, 3.05) is 12.4 Å². The van der Waals surface area contributed by atoms with Crippen LogP contribution in [-0.4, -0.2) is 12.0 Å². The van der Waals surface area contributed by atoms with Crippen LogP contribution in [-0.2, 0) is 12.8 Å². The molecule has 0 saturated heterocycles. The summed E-state index contributed by atoms with van der Waals surface area (Å²) in [5.41, 5.74) is 5.08. The minimum absolute atomic E-state index is 0.171. The zero-order valence-electron chi connectivity index (χ0n) is 11.5. The Kier molecular flexibility index (Phi) is 3.13. The maximum absolute atomic E-state index is 13.7. The van der Waals surface area contributed by atoms with Crippen LogP contribution in [0.5, 0.6) is 0 Å². The summed E-state index contributed by atoms with van der Waals surface area (Å²) in [5.74, 6) is -0.171. The molecule has 1 heterocycles. The van der Waals surface area contributed by atoms with Crippen LogP contribution in [0, 0.1) is 12.7 Å². The van der Waals surface area contributed by atoms with E-state index in [1.54, 1.807) is 13.0 Å². The number of aryl methyl sites for hydroxylation is 2. The maximum Gasteiger partial charge on any atom is 0.128 e. The minimum atomic E-state index is -0.171. The van der Waals surface area contributed by atoms with E-state index in [4.69, 9.17) is 4.98 Å². The Morgan fingerprint density at radius 2 is 1.95 bits per heavy atom. The predicted molar refractivity (Wildman–Crippen MR) is 77.2 cm³/mol. The fraction of sp³-hybridized carbons (Fsp3) is 0.438. The van der Waals surface area contributed by atoms with Crippen molar-refractivity contribution in [1.29, 1.82) is 0 Å². The molecule has 1 N–H and O–H groups in total. The van der Waals surface area contributed by atoms with E-state index in [9.17, 15) is 4.39 Å². The Hall–Kier alpha value is -1.64. The lowest BCUT2D eigenvalue weighted by Crippen LogP contribution is -2.04. The average molecular weight is 258 g/mol. The van der Waals surface area contributed by atoms with Crippen LogP contribution in [0.2, 0.25) is 0 Å². The van der Waals surface area contributed by atoms with E-state index < -0.39 is 0 Å². The number of halogens is 1. The summed E-state index contributed by atoms with van der Waals surface area (Å²) in [6, 6.07) is 3.48. The van der Waals surface area contributed by atoms with E-state index in [1.807, 2.05) is 13.1 Å². The molecule has 0 bridgehead atoms. The summed E-state index contributed by atoms with van der Waals surface area (Å²) in [5, 5.41) is 4.35. The molecule has 0 atom stereocenters. The maximum atomic E-state index is 13.7. The van der Waals surface area contributed by atoms with Gasteiger partial charge in [-0.05, 0) is 49.8 Å². The zero-order chi connectivity index (χ0) is 13.4. The van der Waals surface area contributed by atoms with Crippen LogP contribution < -0.4 is 5.32 Å². The van der Waals surface area contributed by atoms with Crippen molar-refractivity contribution in [1.82, 2.24) is 4.98 Å². The normalized spacial score (nSPS) is 15.1. The molecule has 100 valence electrons. The van der Waals surface area contributed by atoms with E-state index in [-0.39, 0.29) is 5.82 Å². The van der Waals surface area contributed by atoms with E-state index in [1.165, 1.54) is 24.8 Å². The first kappa shape index (κ1) is 12.4. The fourth-order valence-electron chi connectivity index (χ4n) is 3.02. The SMILES string of the molecule is CNc1c2c(nc3cc(F)c(C)cc13)CCCCC2. The number of pyridine rings is 1. The summed E-state index contributed by atoms with van der Waals surface area (Å²) in [6.07, 6.45) is 5.74. The lowest BCUT2D eigenvalue weighted by molar-refractivity contribution is 0.620. The summed E-state index contributed by atoms with van der Waals surface area (Å²) >= 11 is 0. The molecule has 3 rings (SSSR count). The molecule has 2 aromatic rings. The number of benzene rings is 1. The van der Waals surface area contributed by atoms with Crippen molar-refractivity contribution in [3.05, 3.63) is 34.8 Å². The topological polar surface area (TPSA) is 24.9 Å². The molecular formula is C16H19FN2. The second-order valence-electron chi connectivity index (χ2n) is 5.34. The molecule has 2 nitrogen and oxygen atoms in total. The van der Waals surface area contributed by atoms with Crippen molar-refractivity contribution in [2.24, 2.45) is 0 Å². The number of nitrogens with zero attached hydrogens (tertiary/aromatic N) is 1. The molecule has 1 aliphatic rings. The molecule has 0 aliphatic heterocycles. The van der Waals surface area contributed by atoms with Gasteiger partial charge in [-0.3, -0.25) is 4.98 Å². The standard InChI is InChI=1S/C16H19FN2/c1-10-8-12-15(9-13(10)17)19-14-7-5-3-4-6-11(14)16(12)18-2/h8-9H,3-7H2,1-2H3,(H,18,19). The first-order valence-corrected chi connectivity index (χ1v) is 7.00. The Morgan fingerprint density at radius 3 is 2.74 bits per heavy atom. The molecule has 1 aromatic heterocycles. The molecule has 0 amide bonds. The molecule has 0 unspecified atom stereocenters. The molecule has 0 spiro atoms. The third-order valence-electron chi connectivity index (χ3n) is 4.04. The van der Waals surface area contributed by atoms with Gasteiger partial charge in [0.2, 0.25) is 0 Å². The molecule has 1 aromatic carbocycles. The highest BCUT2D eigenvalue weighted by Crippen LogP contribution is 2.33. The van der Waals surface area contributed by atoms with Gasteiger partial charge in [-0.2, -0.15) is 0 Å². The molecule has 19 heavy (non-hydrogen) atoms. The van der Waals surface area contributed by atoms with Crippen LogP contribution in [0.3, 0.4) is 0 Å². The number of nitrogens with one attached hydrogen (secondary N) is 1. The summed E-state index contributed by atoms with van der Waals surface area (Å²) in [7, 11) is 1.94. The highest BCUT2D eigenvalue weighted by atomic mass is 19.1. The number of hydrogen-bond donors (Lipinski definition) is 1. The second-order valence-corrected chi connectivity index (χ2v) is 5.34. The fourth-order valence-corrected chi connectivity index (χ4v) is 3.02. The van der Waals surface area contributed by atoms with Gasteiger partial charge in [0.05, 0.1) is 5.52 Å². The number of aromatic nitrogens is 1. The molecular weight excluding hydrogens is 239 g/mol. The zero-order valence-corrected chi connectivity index (χ0v) is 11.5. The van der Waals surface area contributed by atoms with Crippen LogP contribution in [0.15, 0.2) is 12.1 Å². The first-order valence-electron chi connectivity index (χ1n) is 7.00. The molecule has 0 saturated carbocycles. The Morgan fingerprint density at radius 1 is 1.16 bits per heavy atom. The number of fused-ring (bicyclic) bond motifs is 2. The van der Waals surface area contributed by atoms with Crippen LogP contribution in [0.4, 0.5) is 10.1 Å². The second kappa shape index (κ2) is 4.80. The van der Waals surface area contributed by atoms with Crippen LogP contribution in [0.1, 0.15) is 36.1 Å². The summed E-state index contributed by atoms with van der Waals surface area (Å²) in [6.45, 7) is 1.81. The molecule has 0 radical (unpaired) electrons. The van der Waals surface area contributed by atoms with Crippen molar-refractivity contribution in [3.8, 4) is 0 Å². The van der Waals surface area contributed by atoms with E-state index >= 15 is 0 Å². The Bertz CT molecular complexity index is 634. The average Bonchev–Trinajstić information content (AvgIpc) is 2.63. The van der Waals surface area contributed by atoms with Gasteiger partial charge >= 0.3 is 0 Å². The van der Waals surface area contributed by atoms with Crippen molar-refractivity contribution < 1.29 is 4.39 Å². The van der Waals surface area contributed by atoms with Crippen molar-refractivity contribution >= 4 is 16.6 Å². The van der Waals surface area contributed by atoms with Gasteiger partial charge in [0.25, 0.3) is 0 Å².